The molecule has 0 aliphatic rings. The summed E-state index contributed by atoms with van der Waals surface area (Å²) < 4.78 is 0. The van der Waals surface area contributed by atoms with E-state index < -0.39 is 11.9 Å². The second-order valence-electron chi connectivity index (χ2n) is 6.21. The van der Waals surface area contributed by atoms with Gasteiger partial charge in [0.15, 0.2) is 10.8 Å². The van der Waals surface area contributed by atoms with Crippen LogP contribution >= 0.6 is 12.2 Å². The average molecular weight is 433 g/mol. The molecular formula is C19H24N6O4S. The molecule has 2 rings (SSSR count). The van der Waals surface area contributed by atoms with Gasteiger partial charge >= 0.3 is 11.9 Å². The Morgan fingerprint density at radius 1 is 0.967 bits per heavy atom. The first kappa shape index (κ1) is 22.8. The first-order chi connectivity index (χ1) is 14.4. The Balaban J connectivity index is 1.80. The number of carbonyl (C=O) groups is 2. The lowest BCUT2D eigenvalue weighted by atomic mass is 10.2. The minimum atomic E-state index is -1.14. The van der Waals surface area contributed by atoms with Gasteiger partial charge in [0.2, 0.25) is 5.95 Å². The fourth-order valence-electron chi connectivity index (χ4n) is 2.36. The van der Waals surface area contributed by atoms with Crippen molar-refractivity contribution in [3.8, 4) is 0 Å². The van der Waals surface area contributed by atoms with Crippen molar-refractivity contribution in [1.29, 1.82) is 0 Å². The summed E-state index contributed by atoms with van der Waals surface area (Å²) in [5.74, 6) is -1.40. The molecule has 6 N–H and O–H groups in total. The Hall–Kier alpha value is -3.47. The van der Waals surface area contributed by atoms with Crippen LogP contribution in [0, 0.1) is 0 Å². The van der Waals surface area contributed by atoms with Crippen molar-refractivity contribution in [3.63, 3.8) is 0 Å². The van der Waals surface area contributed by atoms with Crippen molar-refractivity contribution in [2.24, 2.45) is 0 Å². The fraction of sp³-hybridized carbons (Fsp3) is 0.316. The van der Waals surface area contributed by atoms with Gasteiger partial charge in [0.25, 0.3) is 0 Å². The van der Waals surface area contributed by atoms with Crippen molar-refractivity contribution in [2.45, 2.75) is 19.4 Å². The highest BCUT2D eigenvalue weighted by molar-refractivity contribution is 7.80. The van der Waals surface area contributed by atoms with Crippen LogP contribution in [0.15, 0.2) is 36.4 Å². The third-order valence-corrected chi connectivity index (χ3v) is 4.10. The second-order valence-corrected chi connectivity index (χ2v) is 6.62. The van der Waals surface area contributed by atoms with Gasteiger partial charge in [0.05, 0.1) is 6.42 Å². The molecule has 10 nitrogen and oxygen atoms in total. The van der Waals surface area contributed by atoms with Gasteiger partial charge in [-0.15, -0.1) is 0 Å². The van der Waals surface area contributed by atoms with Crippen molar-refractivity contribution < 1.29 is 19.8 Å². The first-order valence-electron chi connectivity index (χ1n) is 9.31. The lowest BCUT2D eigenvalue weighted by Crippen LogP contribution is -2.37. The lowest BCUT2D eigenvalue weighted by molar-refractivity contribution is -0.136. The van der Waals surface area contributed by atoms with E-state index in [1.807, 2.05) is 30.3 Å². The molecule has 0 saturated carbocycles. The third kappa shape index (κ3) is 8.69. The van der Waals surface area contributed by atoms with Crippen LogP contribution in [0.2, 0.25) is 0 Å². The molecule has 0 spiro atoms. The largest absolute Gasteiger partial charge is 0.481 e. The number of anilines is 2. The fourth-order valence-corrected chi connectivity index (χ4v) is 2.56. The molecule has 0 amide bonds. The van der Waals surface area contributed by atoms with E-state index in [0.29, 0.717) is 37.0 Å². The molecule has 0 bridgehead atoms. The van der Waals surface area contributed by atoms with E-state index in [1.54, 1.807) is 0 Å². The van der Waals surface area contributed by atoms with Gasteiger partial charge in [-0.05, 0) is 24.2 Å². The molecule has 30 heavy (non-hydrogen) atoms. The molecule has 0 radical (unpaired) electrons. The monoisotopic (exact) mass is 432 g/mol. The quantitative estimate of drug-likeness (QED) is 0.214. The van der Waals surface area contributed by atoms with Crippen molar-refractivity contribution >= 4 is 41.0 Å². The number of rotatable bonds is 12. The van der Waals surface area contributed by atoms with Crippen LogP contribution in [0.1, 0.15) is 28.9 Å². The third-order valence-electron chi connectivity index (χ3n) is 3.81. The van der Waals surface area contributed by atoms with E-state index in [0.717, 1.165) is 5.56 Å². The molecule has 1 heterocycles. The maximum Gasteiger partial charge on any atom is 0.354 e. The minimum Gasteiger partial charge on any atom is -0.481 e. The van der Waals surface area contributed by atoms with E-state index in [1.165, 1.54) is 6.07 Å². The zero-order chi connectivity index (χ0) is 21.8. The van der Waals surface area contributed by atoms with E-state index >= 15 is 0 Å². The molecule has 2 aromatic rings. The number of thiocarbonyl (C=S) groups is 1. The van der Waals surface area contributed by atoms with Gasteiger partial charge in [-0.2, -0.15) is 4.98 Å². The number of nitrogens with zero attached hydrogens (tertiary/aromatic N) is 2. The van der Waals surface area contributed by atoms with Crippen molar-refractivity contribution in [2.75, 3.05) is 30.3 Å². The highest BCUT2D eigenvalue weighted by Crippen LogP contribution is 2.12. The van der Waals surface area contributed by atoms with Crippen molar-refractivity contribution in [3.05, 3.63) is 47.7 Å². The summed E-state index contributed by atoms with van der Waals surface area (Å²) in [7, 11) is 0. The molecule has 0 fully saturated rings. The average Bonchev–Trinajstić information content (AvgIpc) is 2.72. The number of hydrogen-bond donors (Lipinski definition) is 6. The highest BCUT2D eigenvalue weighted by Gasteiger charge is 2.10. The highest BCUT2D eigenvalue weighted by atomic mass is 32.1. The predicted octanol–water partition coefficient (Wildman–Crippen LogP) is 1.53. The maximum absolute atomic E-state index is 11.3. The Bertz CT molecular complexity index is 865. The Morgan fingerprint density at radius 2 is 1.70 bits per heavy atom. The summed E-state index contributed by atoms with van der Waals surface area (Å²) in [5, 5.41) is 30.1. The molecule has 0 unspecified atom stereocenters. The zero-order valence-electron chi connectivity index (χ0n) is 16.2. The SMILES string of the molecule is O=C(O)CCNC(=S)NCCCNc1cc(C(=O)O)nc(NCc2ccccc2)n1. The zero-order valence-corrected chi connectivity index (χ0v) is 17.0. The maximum atomic E-state index is 11.3. The molecule has 0 atom stereocenters. The first-order valence-corrected chi connectivity index (χ1v) is 9.72. The van der Waals surface area contributed by atoms with E-state index in [4.69, 9.17) is 17.3 Å². The number of nitrogens with one attached hydrogen (secondary N) is 4. The normalized spacial score (nSPS) is 10.1. The summed E-state index contributed by atoms with van der Waals surface area (Å²) in [6, 6.07) is 11.0. The number of aromatic nitrogens is 2. The van der Waals surface area contributed by atoms with Crippen LogP contribution in [-0.4, -0.2) is 56.9 Å². The molecule has 11 heteroatoms. The van der Waals surface area contributed by atoms with Crippen LogP contribution < -0.4 is 21.3 Å². The molecular weight excluding hydrogens is 408 g/mol. The molecule has 1 aromatic heterocycles. The van der Waals surface area contributed by atoms with E-state index in [-0.39, 0.29) is 24.6 Å². The molecule has 1 aromatic carbocycles. The summed E-state index contributed by atoms with van der Waals surface area (Å²) >= 11 is 5.05. The number of hydrogen-bond acceptors (Lipinski definition) is 7. The standard InChI is InChI=1S/C19H24N6O4S/c26-16(27)7-10-22-19(30)21-9-4-8-20-15-11-14(17(28)29)24-18(25-15)23-12-13-5-2-1-3-6-13/h1-3,5-6,11H,4,7-10,12H2,(H,26,27)(H,28,29)(H2,21,22,30)(H2,20,23,24,25). The van der Waals surface area contributed by atoms with Gasteiger partial charge in [0, 0.05) is 32.2 Å². The number of benzene rings is 1. The van der Waals surface area contributed by atoms with Gasteiger partial charge in [-0.1, -0.05) is 30.3 Å². The van der Waals surface area contributed by atoms with E-state index in [9.17, 15) is 14.7 Å². The van der Waals surface area contributed by atoms with Gasteiger partial charge in [-0.3, -0.25) is 4.79 Å². The van der Waals surface area contributed by atoms with Crippen LogP contribution in [0.25, 0.3) is 0 Å². The summed E-state index contributed by atoms with van der Waals surface area (Å²) in [4.78, 5) is 30.1. The van der Waals surface area contributed by atoms with Crippen LogP contribution in [0.4, 0.5) is 11.8 Å². The Morgan fingerprint density at radius 3 is 2.40 bits per heavy atom. The number of aromatic carboxylic acids is 1. The smallest absolute Gasteiger partial charge is 0.354 e. The van der Waals surface area contributed by atoms with Crippen LogP contribution in [-0.2, 0) is 11.3 Å². The van der Waals surface area contributed by atoms with Gasteiger partial charge in [0.1, 0.15) is 5.82 Å². The van der Waals surface area contributed by atoms with Gasteiger partial charge in [-0.25, -0.2) is 9.78 Å². The topological polar surface area (TPSA) is 148 Å². The number of carboxylic acids is 2. The Labute approximate surface area is 179 Å². The summed E-state index contributed by atoms with van der Waals surface area (Å²) in [5.41, 5.74) is 0.917. The molecule has 160 valence electrons. The second kappa shape index (κ2) is 12.2. The van der Waals surface area contributed by atoms with Crippen LogP contribution in [0.5, 0.6) is 0 Å². The number of carboxylic acid groups (broad SMARTS) is 2. The predicted molar refractivity (Wildman–Crippen MR) is 117 cm³/mol. The molecule has 0 aliphatic heterocycles. The summed E-state index contributed by atoms with van der Waals surface area (Å²) in [6.45, 7) is 1.82. The van der Waals surface area contributed by atoms with Crippen molar-refractivity contribution in [1.82, 2.24) is 20.6 Å². The molecule has 0 aliphatic carbocycles. The van der Waals surface area contributed by atoms with E-state index in [2.05, 4.69) is 31.2 Å². The number of aliphatic carboxylic acids is 1. The Kier molecular flexibility index (Phi) is 9.25. The van der Waals surface area contributed by atoms with Crippen LogP contribution in [0.3, 0.4) is 0 Å². The lowest BCUT2D eigenvalue weighted by Gasteiger charge is -2.11. The molecule has 0 saturated heterocycles. The summed E-state index contributed by atoms with van der Waals surface area (Å²) in [6.07, 6.45) is 0.670. The minimum absolute atomic E-state index is 0.0103. The van der Waals surface area contributed by atoms with Gasteiger partial charge < -0.3 is 31.5 Å².